The minimum atomic E-state index is -0.507. The lowest BCUT2D eigenvalue weighted by molar-refractivity contribution is 0.0510. The summed E-state index contributed by atoms with van der Waals surface area (Å²) in [6.45, 7) is 1.89. The fourth-order valence-corrected chi connectivity index (χ4v) is 2.54. The molecular formula is C17H18Cl2N6O3. The maximum Gasteiger partial charge on any atom is 0.376 e. The Morgan fingerprint density at radius 1 is 1.00 bits per heavy atom. The van der Waals surface area contributed by atoms with Crippen LogP contribution in [0.15, 0.2) is 36.7 Å². The van der Waals surface area contributed by atoms with E-state index in [9.17, 15) is 4.79 Å². The van der Waals surface area contributed by atoms with E-state index in [4.69, 9.17) is 33.0 Å². The van der Waals surface area contributed by atoms with Gasteiger partial charge in [-0.3, -0.25) is 8.80 Å². The van der Waals surface area contributed by atoms with Gasteiger partial charge in [0.05, 0.1) is 16.7 Å². The van der Waals surface area contributed by atoms with Gasteiger partial charge < -0.3 is 9.84 Å². The first kappa shape index (κ1) is 21.5. The largest absolute Gasteiger partial charge is 0.460 e. The highest BCUT2D eigenvalue weighted by atomic mass is 35.5. The van der Waals surface area contributed by atoms with E-state index in [1.165, 1.54) is 4.40 Å². The van der Waals surface area contributed by atoms with Gasteiger partial charge in [-0.05, 0) is 31.2 Å². The zero-order valence-electron chi connectivity index (χ0n) is 14.1. The molecule has 0 amide bonds. The van der Waals surface area contributed by atoms with Crippen molar-refractivity contribution >= 4 is 40.5 Å². The summed E-state index contributed by atoms with van der Waals surface area (Å²) in [7, 11) is 0. The number of aromatic nitrogens is 6. The summed E-state index contributed by atoms with van der Waals surface area (Å²) < 4.78 is 7.98. The quantitative estimate of drug-likeness (QED) is 0.503. The van der Waals surface area contributed by atoms with E-state index in [-0.39, 0.29) is 19.9 Å². The van der Waals surface area contributed by atoms with Crippen LogP contribution in [0.5, 0.6) is 0 Å². The van der Waals surface area contributed by atoms with Gasteiger partial charge >= 0.3 is 5.97 Å². The van der Waals surface area contributed by atoms with Crippen LogP contribution in [-0.2, 0) is 11.3 Å². The highest BCUT2D eigenvalue weighted by molar-refractivity contribution is 6.30. The van der Waals surface area contributed by atoms with Crippen LogP contribution >= 0.6 is 23.2 Å². The molecule has 0 radical (unpaired) electrons. The highest BCUT2D eigenvalue weighted by Crippen LogP contribution is 2.12. The Labute approximate surface area is 170 Å². The van der Waals surface area contributed by atoms with Gasteiger partial charge in [-0.1, -0.05) is 30.6 Å². The average Bonchev–Trinajstić information content (AvgIpc) is 3.25. The number of rotatable bonds is 3. The average molecular weight is 425 g/mol. The van der Waals surface area contributed by atoms with Gasteiger partial charge in [0.25, 0.3) is 0 Å². The van der Waals surface area contributed by atoms with Crippen molar-refractivity contribution < 1.29 is 14.6 Å². The summed E-state index contributed by atoms with van der Waals surface area (Å²) in [5.74, 6) is 0.120. The lowest BCUT2D eigenvalue weighted by Gasteiger charge is -1.99. The molecule has 11 heteroatoms. The summed E-state index contributed by atoms with van der Waals surface area (Å²) in [5.41, 5.74) is 1.24. The van der Waals surface area contributed by atoms with Crippen LogP contribution in [0.4, 0.5) is 0 Å². The summed E-state index contributed by atoms with van der Waals surface area (Å²) in [5, 5.41) is 25.1. The maximum absolute atomic E-state index is 11.4. The van der Waals surface area contributed by atoms with Crippen molar-refractivity contribution in [1.82, 2.24) is 29.2 Å². The lowest BCUT2D eigenvalue weighted by Crippen LogP contribution is -2.09. The van der Waals surface area contributed by atoms with E-state index >= 15 is 0 Å². The molecule has 4 rings (SSSR count). The van der Waals surface area contributed by atoms with Gasteiger partial charge in [0, 0.05) is 12.4 Å². The van der Waals surface area contributed by atoms with Crippen molar-refractivity contribution in [3.8, 4) is 0 Å². The van der Waals surface area contributed by atoms with E-state index in [1.807, 2.05) is 0 Å². The molecule has 0 unspecified atom stereocenters. The second-order valence-corrected chi connectivity index (χ2v) is 6.04. The van der Waals surface area contributed by atoms with E-state index in [1.54, 1.807) is 48.0 Å². The molecule has 9 nitrogen and oxygen atoms in total. The van der Waals surface area contributed by atoms with Gasteiger partial charge in [0.15, 0.2) is 17.1 Å². The molecule has 4 aromatic rings. The first-order valence-corrected chi connectivity index (χ1v) is 8.56. The Morgan fingerprint density at radius 3 is 2.18 bits per heavy atom. The standard InChI is InChI=1S/C9H8ClN3O2.C7H6ClN3O.CH4/c1-2-15-9(14)8-12-11-7-4-3-6(10)5-13(7)8;8-5-1-2-6-9-10-7(4-12)11(6)3-5;/h3-5H,2H2,1H3;1-3,12H,4H2;1H4. The van der Waals surface area contributed by atoms with E-state index in [0.717, 1.165) is 0 Å². The van der Waals surface area contributed by atoms with Crippen molar-refractivity contribution in [1.29, 1.82) is 0 Å². The van der Waals surface area contributed by atoms with Crippen LogP contribution in [0.3, 0.4) is 0 Å². The third kappa shape index (κ3) is 4.56. The normalized spacial score (nSPS) is 10.3. The molecular weight excluding hydrogens is 407 g/mol. The van der Waals surface area contributed by atoms with E-state index in [0.29, 0.717) is 33.8 Å². The zero-order valence-corrected chi connectivity index (χ0v) is 15.6. The number of esters is 1. The number of aliphatic hydroxyl groups excluding tert-OH is 1. The smallest absolute Gasteiger partial charge is 0.376 e. The molecule has 4 heterocycles. The van der Waals surface area contributed by atoms with Crippen molar-refractivity contribution in [2.45, 2.75) is 21.0 Å². The van der Waals surface area contributed by atoms with Crippen LogP contribution in [-0.4, -0.2) is 46.9 Å². The fraction of sp³-hybridized carbons (Fsp3) is 0.235. The number of carbonyl (C=O) groups is 1. The van der Waals surface area contributed by atoms with Gasteiger partial charge in [-0.25, -0.2) is 4.79 Å². The minimum absolute atomic E-state index is 0. The first-order chi connectivity index (χ1) is 13.0. The molecule has 148 valence electrons. The molecule has 0 aliphatic rings. The number of fused-ring (bicyclic) bond motifs is 2. The summed E-state index contributed by atoms with van der Waals surface area (Å²) in [6, 6.07) is 6.83. The second kappa shape index (κ2) is 9.45. The number of hydrogen-bond acceptors (Lipinski definition) is 7. The van der Waals surface area contributed by atoms with E-state index < -0.39 is 5.97 Å². The third-order valence-electron chi connectivity index (χ3n) is 3.40. The molecule has 0 aliphatic heterocycles. The van der Waals surface area contributed by atoms with Gasteiger partial charge in [0.2, 0.25) is 5.82 Å². The number of pyridine rings is 2. The Morgan fingerprint density at radius 2 is 1.57 bits per heavy atom. The van der Waals surface area contributed by atoms with Crippen molar-refractivity contribution in [2.24, 2.45) is 0 Å². The lowest BCUT2D eigenvalue weighted by atomic mass is 10.4. The number of ether oxygens (including phenoxy) is 1. The molecule has 28 heavy (non-hydrogen) atoms. The van der Waals surface area contributed by atoms with Crippen LogP contribution in [0.2, 0.25) is 10.0 Å². The van der Waals surface area contributed by atoms with Gasteiger partial charge in [0.1, 0.15) is 6.61 Å². The molecule has 0 spiro atoms. The molecule has 0 fully saturated rings. The maximum atomic E-state index is 11.4. The van der Waals surface area contributed by atoms with E-state index in [2.05, 4.69) is 20.4 Å². The summed E-state index contributed by atoms with van der Waals surface area (Å²) in [6.07, 6.45) is 3.24. The predicted molar refractivity (Wildman–Crippen MR) is 105 cm³/mol. The van der Waals surface area contributed by atoms with Crippen LogP contribution in [0, 0.1) is 0 Å². The van der Waals surface area contributed by atoms with Gasteiger partial charge in [-0.15, -0.1) is 20.4 Å². The Bertz CT molecular complexity index is 1100. The number of carbonyl (C=O) groups excluding carboxylic acids is 1. The summed E-state index contributed by atoms with van der Waals surface area (Å²) >= 11 is 11.5. The number of hydrogen-bond donors (Lipinski definition) is 1. The Kier molecular flexibility index (Phi) is 7.27. The third-order valence-corrected chi connectivity index (χ3v) is 3.85. The number of nitrogens with zero attached hydrogens (tertiary/aromatic N) is 6. The SMILES string of the molecule is C.CCOC(=O)c1nnc2ccc(Cl)cn12.OCc1nnc2ccc(Cl)cn12. The number of halogens is 2. The molecule has 0 aromatic carbocycles. The van der Waals surface area contributed by atoms with Crippen molar-refractivity contribution in [3.05, 3.63) is 58.4 Å². The molecule has 0 atom stereocenters. The Hall–Kier alpha value is -2.75. The monoisotopic (exact) mass is 424 g/mol. The zero-order chi connectivity index (χ0) is 19.4. The topological polar surface area (TPSA) is 107 Å². The first-order valence-electron chi connectivity index (χ1n) is 7.81. The van der Waals surface area contributed by atoms with Crippen LogP contribution in [0.25, 0.3) is 11.3 Å². The van der Waals surface area contributed by atoms with Gasteiger partial charge in [-0.2, -0.15) is 0 Å². The fourth-order valence-electron chi connectivity index (χ4n) is 2.22. The van der Waals surface area contributed by atoms with Crippen LogP contribution in [0.1, 0.15) is 30.8 Å². The molecule has 0 saturated carbocycles. The Balaban J connectivity index is 0.000000198. The van der Waals surface area contributed by atoms with Crippen molar-refractivity contribution in [3.63, 3.8) is 0 Å². The van der Waals surface area contributed by atoms with Crippen molar-refractivity contribution in [2.75, 3.05) is 6.61 Å². The minimum Gasteiger partial charge on any atom is -0.460 e. The predicted octanol–water partition coefficient (Wildman–Crippen LogP) is 3.07. The highest BCUT2D eigenvalue weighted by Gasteiger charge is 2.15. The molecule has 4 aromatic heterocycles. The molecule has 0 bridgehead atoms. The molecule has 0 aliphatic carbocycles. The number of aliphatic hydroxyl groups is 1. The second-order valence-electron chi connectivity index (χ2n) is 5.17. The molecule has 1 N–H and O–H groups in total. The van der Waals surface area contributed by atoms with Crippen LogP contribution < -0.4 is 0 Å². The molecule has 0 saturated heterocycles. The summed E-state index contributed by atoms with van der Waals surface area (Å²) in [4.78, 5) is 11.4.